The second-order valence-corrected chi connectivity index (χ2v) is 5.54. The molecule has 1 aromatic heterocycles. The van der Waals surface area contributed by atoms with E-state index in [0.717, 1.165) is 28.9 Å². The van der Waals surface area contributed by atoms with Crippen LogP contribution in [0.25, 0.3) is 11.3 Å². The number of hydrogen-bond donors (Lipinski definition) is 0. The number of benzene rings is 2. The highest BCUT2D eigenvalue weighted by Gasteiger charge is 2.10. The lowest BCUT2D eigenvalue weighted by Gasteiger charge is -2.05. The summed E-state index contributed by atoms with van der Waals surface area (Å²) >= 11 is 0. The van der Waals surface area contributed by atoms with Crippen LogP contribution < -0.4 is 4.74 Å². The Labute approximate surface area is 135 Å². The first-order chi connectivity index (χ1) is 11.2. The standard InChI is InChI=1S/C20H18O3/c1-14-6-8-17(9-7-14)20-11-18(15(2)23-20)13-22-19-5-3-4-16(10-19)12-21/h3-12H,13H2,1-2H3. The van der Waals surface area contributed by atoms with Gasteiger partial charge in [0.25, 0.3) is 0 Å². The molecule has 3 nitrogen and oxygen atoms in total. The molecule has 3 rings (SSSR count). The van der Waals surface area contributed by atoms with Crippen LogP contribution in [0, 0.1) is 13.8 Å². The molecule has 3 heteroatoms. The molecule has 0 fully saturated rings. The van der Waals surface area contributed by atoms with Crippen molar-refractivity contribution in [2.45, 2.75) is 20.5 Å². The van der Waals surface area contributed by atoms with E-state index in [-0.39, 0.29) is 0 Å². The number of ether oxygens (including phenoxy) is 1. The van der Waals surface area contributed by atoms with E-state index in [1.54, 1.807) is 18.2 Å². The van der Waals surface area contributed by atoms with Crippen molar-refractivity contribution in [2.24, 2.45) is 0 Å². The average Bonchev–Trinajstić information content (AvgIpc) is 2.95. The number of carbonyl (C=O) groups excluding carboxylic acids is 1. The predicted octanol–water partition coefficient (Wildman–Crippen LogP) is 4.95. The van der Waals surface area contributed by atoms with Crippen LogP contribution in [0.1, 0.15) is 27.2 Å². The Kier molecular flexibility index (Phi) is 4.29. The van der Waals surface area contributed by atoms with Crippen molar-refractivity contribution >= 4 is 6.29 Å². The third-order valence-corrected chi connectivity index (χ3v) is 3.75. The lowest BCUT2D eigenvalue weighted by molar-refractivity contribution is 0.112. The molecule has 0 aliphatic heterocycles. The summed E-state index contributed by atoms with van der Waals surface area (Å²) in [7, 11) is 0. The Morgan fingerprint density at radius 2 is 1.83 bits per heavy atom. The second kappa shape index (κ2) is 6.53. The van der Waals surface area contributed by atoms with Crippen molar-refractivity contribution in [3.05, 3.63) is 77.0 Å². The van der Waals surface area contributed by atoms with Gasteiger partial charge in [-0.3, -0.25) is 4.79 Å². The van der Waals surface area contributed by atoms with Gasteiger partial charge in [-0.2, -0.15) is 0 Å². The average molecular weight is 306 g/mol. The minimum Gasteiger partial charge on any atom is -0.489 e. The van der Waals surface area contributed by atoms with Gasteiger partial charge in [0.15, 0.2) is 0 Å². The SMILES string of the molecule is Cc1ccc(-c2cc(COc3cccc(C=O)c3)c(C)o2)cc1. The van der Waals surface area contributed by atoms with Gasteiger partial charge in [0.2, 0.25) is 0 Å². The zero-order valence-corrected chi connectivity index (χ0v) is 13.2. The van der Waals surface area contributed by atoms with Gasteiger partial charge in [-0.15, -0.1) is 0 Å². The highest BCUT2D eigenvalue weighted by molar-refractivity contribution is 5.75. The van der Waals surface area contributed by atoms with Gasteiger partial charge in [0.05, 0.1) is 0 Å². The fourth-order valence-electron chi connectivity index (χ4n) is 2.36. The molecule has 0 amide bonds. The molecule has 0 unspecified atom stereocenters. The van der Waals surface area contributed by atoms with Crippen LogP contribution in [0.5, 0.6) is 5.75 Å². The number of aldehydes is 1. The Hall–Kier alpha value is -2.81. The van der Waals surface area contributed by atoms with Crippen LogP contribution >= 0.6 is 0 Å². The third-order valence-electron chi connectivity index (χ3n) is 3.75. The third kappa shape index (κ3) is 3.51. The molecule has 0 aliphatic carbocycles. The highest BCUT2D eigenvalue weighted by Crippen LogP contribution is 2.26. The minimum atomic E-state index is 0.406. The quantitative estimate of drug-likeness (QED) is 0.626. The van der Waals surface area contributed by atoms with Crippen LogP contribution in [-0.4, -0.2) is 6.29 Å². The molecule has 2 aromatic carbocycles. The molecule has 0 saturated heterocycles. The summed E-state index contributed by atoms with van der Waals surface area (Å²) in [5.74, 6) is 2.35. The Morgan fingerprint density at radius 1 is 1.04 bits per heavy atom. The number of rotatable bonds is 5. The lowest BCUT2D eigenvalue weighted by atomic mass is 10.1. The van der Waals surface area contributed by atoms with Crippen LogP contribution in [0.15, 0.2) is 59.0 Å². The molecule has 3 aromatic rings. The normalized spacial score (nSPS) is 10.5. The molecule has 23 heavy (non-hydrogen) atoms. The summed E-state index contributed by atoms with van der Waals surface area (Å²) in [6, 6.07) is 17.3. The maximum atomic E-state index is 10.8. The molecular weight excluding hydrogens is 288 g/mol. The van der Waals surface area contributed by atoms with E-state index in [4.69, 9.17) is 9.15 Å². The zero-order chi connectivity index (χ0) is 16.2. The Bertz CT molecular complexity index is 813. The molecule has 1 heterocycles. The van der Waals surface area contributed by atoms with Crippen molar-refractivity contribution in [1.29, 1.82) is 0 Å². The van der Waals surface area contributed by atoms with Crippen LogP contribution in [0.2, 0.25) is 0 Å². The smallest absolute Gasteiger partial charge is 0.150 e. The van der Waals surface area contributed by atoms with Gasteiger partial charge >= 0.3 is 0 Å². The second-order valence-electron chi connectivity index (χ2n) is 5.54. The fraction of sp³-hybridized carbons (Fsp3) is 0.150. The van der Waals surface area contributed by atoms with Crippen molar-refractivity contribution in [3.8, 4) is 17.1 Å². The first-order valence-electron chi connectivity index (χ1n) is 7.50. The summed E-state index contributed by atoms with van der Waals surface area (Å²) in [5, 5.41) is 0. The molecule has 0 radical (unpaired) electrons. The van der Waals surface area contributed by atoms with Crippen LogP contribution in [-0.2, 0) is 6.61 Å². The first kappa shape index (κ1) is 15.1. The number of aryl methyl sites for hydroxylation is 2. The monoisotopic (exact) mass is 306 g/mol. The minimum absolute atomic E-state index is 0.406. The van der Waals surface area contributed by atoms with Gasteiger partial charge in [-0.25, -0.2) is 0 Å². The Balaban J connectivity index is 1.76. The molecular formula is C20H18O3. The largest absolute Gasteiger partial charge is 0.489 e. The molecule has 0 atom stereocenters. The Morgan fingerprint density at radius 3 is 2.57 bits per heavy atom. The summed E-state index contributed by atoms with van der Waals surface area (Å²) < 4.78 is 11.6. The van der Waals surface area contributed by atoms with Crippen LogP contribution in [0.4, 0.5) is 0 Å². The molecule has 0 aliphatic rings. The molecule has 0 spiro atoms. The van der Waals surface area contributed by atoms with Gasteiger partial charge in [-0.1, -0.05) is 42.0 Å². The number of carbonyl (C=O) groups is 1. The van der Waals surface area contributed by atoms with Crippen molar-refractivity contribution in [1.82, 2.24) is 0 Å². The summed E-state index contributed by atoms with van der Waals surface area (Å²) in [4.78, 5) is 10.8. The molecule has 0 N–H and O–H groups in total. The maximum absolute atomic E-state index is 10.8. The summed E-state index contributed by atoms with van der Waals surface area (Å²) in [6.07, 6.45) is 0.811. The number of furan rings is 1. The van der Waals surface area contributed by atoms with E-state index in [0.29, 0.717) is 17.9 Å². The van der Waals surface area contributed by atoms with Gasteiger partial charge in [-0.05, 0) is 32.0 Å². The number of hydrogen-bond acceptors (Lipinski definition) is 3. The van der Waals surface area contributed by atoms with Gasteiger partial charge in [0.1, 0.15) is 30.2 Å². The van der Waals surface area contributed by atoms with E-state index in [2.05, 4.69) is 19.1 Å². The fourth-order valence-corrected chi connectivity index (χ4v) is 2.36. The summed E-state index contributed by atoms with van der Waals surface area (Å²) in [5.41, 5.74) is 3.87. The lowest BCUT2D eigenvalue weighted by Crippen LogP contribution is -1.96. The topological polar surface area (TPSA) is 39.4 Å². The van der Waals surface area contributed by atoms with Crippen molar-refractivity contribution in [3.63, 3.8) is 0 Å². The summed E-state index contributed by atoms with van der Waals surface area (Å²) in [6.45, 7) is 4.39. The zero-order valence-electron chi connectivity index (χ0n) is 13.2. The van der Waals surface area contributed by atoms with E-state index in [1.165, 1.54) is 5.56 Å². The predicted molar refractivity (Wildman–Crippen MR) is 89.8 cm³/mol. The van der Waals surface area contributed by atoms with E-state index in [9.17, 15) is 4.79 Å². The van der Waals surface area contributed by atoms with Crippen LogP contribution in [0.3, 0.4) is 0 Å². The van der Waals surface area contributed by atoms with E-state index >= 15 is 0 Å². The van der Waals surface area contributed by atoms with E-state index in [1.807, 2.05) is 31.2 Å². The molecule has 0 saturated carbocycles. The maximum Gasteiger partial charge on any atom is 0.150 e. The molecule has 0 bridgehead atoms. The van der Waals surface area contributed by atoms with Crippen molar-refractivity contribution in [2.75, 3.05) is 0 Å². The van der Waals surface area contributed by atoms with E-state index < -0.39 is 0 Å². The van der Waals surface area contributed by atoms with Crippen molar-refractivity contribution < 1.29 is 13.9 Å². The van der Waals surface area contributed by atoms with Gasteiger partial charge in [0, 0.05) is 16.7 Å². The first-order valence-corrected chi connectivity index (χ1v) is 7.50. The molecule has 116 valence electrons. The highest BCUT2D eigenvalue weighted by atomic mass is 16.5. The van der Waals surface area contributed by atoms with Gasteiger partial charge < -0.3 is 9.15 Å².